The van der Waals surface area contributed by atoms with Crippen molar-refractivity contribution in [2.24, 2.45) is 0 Å². The Labute approximate surface area is 135 Å². The van der Waals surface area contributed by atoms with Gasteiger partial charge in [0.25, 0.3) is 0 Å². The quantitative estimate of drug-likeness (QED) is 0.711. The first kappa shape index (κ1) is 18.6. The summed E-state index contributed by atoms with van der Waals surface area (Å²) >= 11 is 1.80. The summed E-state index contributed by atoms with van der Waals surface area (Å²) in [5.74, 6) is 0. The van der Waals surface area contributed by atoms with Gasteiger partial charge < -0.3 is 5.32 Å². The van der Waals surface area contributed by atoms with Gasteiger partial charge >= 0.3 is 0 Å². The molecule has 1 heterocycles. The Bertz CT molecular complexity index is 400. The smallest absolute Gasteiger partial charge is 0.0944 e. The first-order valence-corrected chi connectivity index (χ1v) is 9.29. The molecule has 0 aliphatic carbocycles. The summed E-state index contributed by atoms with van der Waals surface area (Å²) in [6.45, 7) is 16.8. The van der Waals surface area contributed by atoms with E-state index in [1.165, 1.54) is 11.4 Å². The van der Waals surface area contributed by atoms with Crippen LogP contribution in [0.1, 0.15) is 58.2 Å². The van der Waals surface area contributed by atoms with E-state index in [0.29, 0.717) is 6.04 Å². The van der Waals surface area contributed by atoms with Crippen LogP contribution < -0.4 is 5.32 Å². The highest BCUT2D eigenvalue weighted by Crippen LogP contribution is 2.27. The summed E-state index contributed by atoms with van der Waals surface area (Å²) in [6.07, 6.45) is 3.35. The second kappa shape index (κ2) is 8.86. The fraction of sp³-hybridized carbons (Fsp3) is 0.824. The van der Waals surface area contributed by atoms with Gasteiger partial charge in [-0.15, -0.1) is 11.3 Å². The first-order chi connectivity index (χ1) is 10.0. The molecule has 2 atom stereocenters. The van der Waals surface area contributed by atoms with E-state index in [2.05, 4.69) is 62.1 Å². The van der Waals surface area contributed by atoms with Crippen molar-refractivity contribution in [1.29, 1.82) is 0 Å². The molecule has 0 aliphatic heterocycles. The SMILES string of the molecule is CCCNC(Cc1nc(C)cs1)C(C)(CC)N(CC)CC. The van der Waals surface area contributed by atoms with Crippen LogP contribution in [0, 0.1) is 6.92 Å². The van der Waals surface area contributed by atoms with Crippen LogP contribution >= 0.6 is 11.3 Å². The molecule has 1 aromatic rings. The monoisotopic (exact) mass is 311 g/mol. The van der Waals surface area contributed by atoms with Crippen LogP contribution in [0.2, 0.25) is 0 Å². The van der Waals surface area contributed by atoms with Gasteiger partial charge in [0.1, 0.15) is 0 Å². The minimum Gasteiger partial charge on any atom is -0.312 e. The van der Waals surface area contributed by atoms with Gasteiger partial charge in [0.15, 0.2) is 0 Å². The lowest BCUT2D eigenvalue weighted by atomic mass is 9.85. The number of rotatable bonds is 10. The fourth-order valence-corrected chi connectivity index (χ4v) is 3.96. The zero-order chi connectivity index (χ0) is 15.9. The lowest BCUT2D eigenvalue weighted by molar-refractivity contribution is 0.0700. The molecule has 0 aliphatic rings. The molecule has 0 saturated carbocycles. The molecular weight excluding hydrogens is 278 g/mol. The molecule has 0 amide bonds. The molecular formula is C17H33N3S. The van der Waals surface area contributed by atoms with E-state index < -0.39 is 0 Å². The third-order valence-corrected chi connectivity index (χ3v) is 5.63. The predicted molar refractivity (Wildman–Crippen MR) is 94.3 cm³/mol. The maximum absolute atomic E-state index is 4.68. The molecule has 122 valence electrons. The van der Waals surface area contributed by atoms with Crippen molar-refractivity contribution in [3.63, 3.8) is 0 Å². The third-order valence-electron chi connectivity index (χ3n) is 4.64. The highest BCUT2D eigenvalue weighted by molar-refractivity contribution is 7.09. The van der Waals surface area contributed by atoms with Gasteiger partial charge in [-0.05, 0) is 46.3 Å². The first-order valence-electron chi connectivity index (χ1n) is 8.41. The van der Waals surface area contributed by atoms with Crippen LogP contribution in [-0.2, 0) is 6.42 Å². The molecule has 1 N–H and O–H groups in total. The van der Waals surface area contributed by atoms with Crippen LogP contribution in [-0.4, -0.2) is 41.1 Å². The van der Waals surface area contributed by atoms with Crippen molar-refractivity contribution in [2.45, 2.75) is 72.4 Å². The Hall–Kier alpha value is -0.450. The number of thiazole rings is 1. The summed E-state index contributed by atoms with van der Waals surface area (Å²) in [7, 11) is 0. The lowest BCUT2D eigenvalue weighted by Gasteiger charge is -2.46. The van der Waals surface area contributed by atoms with Crippen molar-refractivity contribution < 1.29 is 0 Å². The topological polar surface area (TPSA) is 28.2 Å². The van der Waals surface area contributed by atoms with Gasteiger partial charge in [-0.2, -0.15) is 0 Å². The van der Waals surface area contributed by atoms with Crippen molar-refractivity contribution in [3.05, 3.63) is 16.1 Å². The summed E-state index contributed by atoms with van der Waals surface area (Å²) in [6, 6.07) is 0.452. The lowest BCUT2D eigenvalue weighted by Crippen LogP contribution is -2.60. The summed E-state index contributed by atoms with van der Waals surface area (Å²) in [5, 5.41) is 7.21. The van der Waals surface area contributed by atoms with E-state index in [9.17, 15) is 0 Å². The number of nitrogens with one attached hydrogen (secondary N) is 1. The molecule has 0 bridgehead atoms. The number of aromatic nitrogens is 1. The molecule has 0 radical (unpaired) electrons. The Morgan fingerprint density at radius 2 is 1.95 bits per heavy atom. The molecule has 0 saturated heterocycles. The van der Waals surface area contributed by atoms with Crippen LogP contribution in [0.4, 0.5) is 0 Å². The van der Waals surface area contributed by atoms with Gasteiger partial charge in [-0.3, -0.25) is 4.90 Å². The van der Waals surface area contributed by atoms with E-state index in [4.69, 9.17) is 0 Å². The van der Waals surface area contributed by atoms with Crippen molar-refractivity contribution >= 4 is 11.3 Å². The average Bonchev–Trinajstić information content (AvgIpc) is 2.89. The van der Waals surface area contributed by atoms with Crippen molar-refractivity contribution in [3.8, 4) is 0 Å². The van der Waals surface area contributed by atoms with Gasteiger partial charge in [-0.25, -0.2) is 4.98 Å². The highest BCUT2D eigenvalue weighted by Gasteiger charge is 2.37. The van der Waals surface area contributed by atoms with Gasteiger partial charge in [0.05, 0.1) is 5.01 Å². The summed E-state index contributed by atoms with van der Waals surface area (Å²) in [4.78, 5) is 7.28. The molecule has 1 aromatic heterocycles. The molecule has 0 spiro atoms. The summed E-state index contributed by atoms with van der Waals surface area (Å²) < 4.78 is 0. The number of hydrogen-bond donors (Lipinski definition) is 1. The maximum atomic E-state index is 4.68. The van der Waals surface area contributed by atoms with E-state index in [1.807, 2.05) is 0 Å². The Morgan fingerprint density at radius 3 is 2.38 bits per heavy atom. The maximum Gasteiger partial charge on any atom is 0.0944 e. The zero-order valence-corrected chi connectivity index (χ0v) is 15.5. The van der Waals surface area contributed by atoms with E-state index in [-0.39, 0.29) is 5.54 Å². The van der Waals surface area contributed by atoms with Crippen LogP contribution in [0.15, 0.2) is 5.38 Å². The normalized spacial score (nSPS) is 16.1. The predicted octanol–water partition coefficient (Wildman–Crippen LogP) is 3.87. The minimum atomic E-state index is 0.179. The van der Waals surface area contributed by atoms with E-state index in [0.717, 1.165) is 38.2 Å². The Morgan fingerprint density at radius 1 is 1.29 bits per heavy atom. The minimum absolute atomic E-state index is 0.179. The number of nitrogens with zero attached hydrogens (tertiary/aromatic N) is 2. The number of likely N-dealkylation sites (N-methyl/N-ethyl adjacent to an activating group) is 1. The largest absolute Gasteiger partial charge is 0.312 e. The van der Waals surface area contributed by atoms with Gasteiger partial charge in [0, 0.05) is 29.1 Å². The Kier molecular flexibility index (Phi) is 7.85. The van der Waals surface area contributed by atoms with E-state index in [1.54, 1.807) is 11.3 Å². The standard InChI is InChI=1S/C17H33N3S/c1-7-11-18-15(12-16-19-14(5)13-21-16)17(6,8-2)20(9-3)10-4/h13,15,18H,7-12H2,1-6H3. The molecule has 4 heteroatoms. The van der Waals surface area contributed by atoms with Crippen LogP contribution in [0.3, 0.4) is 0 Å². The molecule has 3 nitrogen and oxygen atoms in total. The zero-order valence-electron chi connectivity index (χ0n) is 14.7. The molecule has 0 fully saturated rings. The molecule has 1 rings (SSSR count). The van der Waals surface area contributed by atoms with Crippen molar-refractivity contribution in [1.82, 2.24) is 15.2 Å². The fourth-order valence-electron chi connectivity index (χ4n) is 3.14. The second-order valence-corrected chi connectivity index (χ2v) is 6.92. The third kappa shape index (κ3) is 4.76. The molecule has 0 aromatic carbocycles. The van der Waals surface area contributed by atoms with Gasteiger partial charge in [0.2, 0.25) is 0 Å². The average molecular weight is 312 g/mol. The highest BCUT2D eigenvalue weighted by atomic mass is 32.1. The number of aryl methyl sites for hydroxylation is 1. The number of hydrogen-bond acceptors (Lipinski definition) is 4. The molecule has 21 heavy (non-hydrogen) atoms. The van der Waals surface area contributed by atoms with E-state index >= 15 is 0 Å². The van der Waals surface area contributed by atoms with Gasteiger partial charge in [-0.1, -0.05) is 27.7 Å². The van der Waals surface area contributed by atoms with Crippen LogP contribution in [0.5, 0.6) is 0 Å². The molecule has 2 unspecified atom stereocenters. The summed E-state index contributed by atoms with van der Waals surface area (Å²) in [5.41, 5.74) is 1.32. The Balaban J connectivity index is 2.96. The van der Waals surface area contributed by atoms with Crippen molar-refractivity contribution in [2.75, 3.05) is 19.6 Å². The van der Waals surface area contributed by atoms with Crippen LogP contribution in [0.25, 0.3) is 0 Å². The second-order valence-electron chi connectivity index (χ2n) is 5.98.